The van der Waals surface area contributed by atoms with Gasteiger partial charge in [0.25, 0.3) is 0 Å². The second-order valence-electron chi connectivity index (χ2n) is 11.8. The summed E-state index contributed by atoms with van der Waals surface area (Å²) in [5.74, 6) is -0.351. The van der Waals surface area contributed by atoms with Gasteiger partial charge < -0.3 is 24.4 Å². The van der Waals surface area contributed by atoms with E-state index in [-0.39, 0.29) is 31.5 Å². The van der Waals surface area contributed by atoms with Gasteiger partial charge in [-0.05, 0) is 32.4 Å². The molecule has 1 saturated heterocycles. The highest BCUT2D eigenvalue weighted by Crippen LogP contribution is 2.14. The number of unbranched alkanes of at least 4 members (excludes halogenated alkanes) is 15. The number of methoxy groups -OCH3 is 1. The highest BCUT2D eigenvalue weighted by molar-refractivity contribution is 5.90. The topological polar surface area (TPSA) is 97.4 Å². The lowest BCUT2D eigenvalue weighted by molar-refractivity contribution is -0.127. The molecule has 9 nitrogen and oxygen atoms in total. The molecule has 1 rings (SSSR count). The normalized spacial score (nSPS) is 14.0. The highest BCUT2D eigenvalue weighted by atomic mass is 35.5. The van der Waals surface area contributed by atoms with Gasteiger partial charge in [-0.25, -0.2) is 14.5 Å². The van der Waals surface area contributed by atoms with E-state index in [0.717, 1.165) is 43.7 Å². The number of piperidine rings is 1. The number of likely N-dealkylation sites (tertiary alicyclic amines) is 1. The fourth-order valence-electron chi connectivity index (χ4n) is 5.31. The van der Waals surface area contributed by atoms with Crippen molar-refractivity contribution in [2.24, 2.45) is 0 Å². The van der Waals surface area contributed by atoms with Gasteiger partial charge in [0.1, 0.15) is 19.3 Å². The van der Waals surface area contributed by atoms with Crippen LogP contribution in [0.5, 0.6) is 0 Å². The van der Waals surface area contributed by atoms with E-state index in [1.807, 2.05) is 0 Å². The maximum atomic E-state index is 12.5. The molecule has 0 bridgehead atoms. The van der Waals surface area contributed by atoms with E-state index < -0.39 is 18.3 Å². The Balaban J connectivity index is 0.0000176. The molecule has 254 valence electrons. The summed E-state index contributed by atoms with van der Waals surface area (Å²) in [6, 6.07) is 0. The molecule has 10 heteroatoms. The van der Waals surface area contributed by atoms with Gasteiger partial charge in [-0.15, -0.1) is 12.4 Å². The molecule has 43 heavy (non-hydrogen) atoms. The number of hydrogen-bond acceptors (Lipinski definition) is 7. The van der Waals surface area contributed by atoms with Gasteiger partial charge in [0, 0.05) is 33.7 Å². The zero-order valence-electron chi connectivity index (χ0n) is 27.7. The minimum Gasteiger partial charge on any atom is -0.447 e. The number of amides is 3. The monoisotopic (exact) mass is 633 g/mol. The number of ether oxygens (including phenoxy) is 3. The summed E-state index contributed by atoms with van der Waals surface area (Å²) in [4.78, 5) is 39.9. The number of nitrogens with one attached hydrogen (secondary N) is 1. The molecule has 1 fully saturated rings. The molecule has 0 aromatic carbocycles. The first-order valence-corrected chi connectivity index (χ1v) is 17.1. The lowest BCUT2D eigenvalue weighted by atomic mass is 10.0. The van der Waals surface area contributed by atoms with Crippen LogP contribution in [-0.2, 0) is 19.0 Å². The van der Waals surface area contributed by atoms with Gasteiger partial charge >= 0.3 is 12.2 Å². The van der Waals surface area contributed by atoms with E-state index in [1.54, 1.807) is 0 Å². The molecule has 0 aromatic rings. The summed E-state index contributed by atoms with van der Waals surface area (Å²) in [7, 11) is 1.47. The summed E-state index contributed by atoms with van der Waals surface area (Å²) in [6.07, 6.45) is 22.7. The Morgan fingerprint density at radius 3 is 1.72 bits per heavy atom. The number of halogens is 1. The van der Waals surface area contributed by atoms with E-state index in [4.69, 9.17) is 14.2 Å². The predicted molar refractivity (Wildman–Crippen MR) is 176 cm³/mol. The van der Waals surface area contributed by atoms with Crippen molar-refractivity contribution in [3.05, 3.63) is 0 Å². The van der Waals surface area contributed by atoms with Gasteiger partial charge in [0.15, 0.2) is 0 Å². The first kappa shape index (κ1) is 41.4. The van der Waals surface area contributed by atoms with Crippen LogP contribution in [0.2, 0.25) is 0 Å². The summed E-state index contributed by atoms with van der Waals surface area (Å²) in [5, 5.41) is 2.78. The Morgan fingerprint density at radius 1 is 0.744 bits per heavy atom. The van der Waals surface area contributed by atoms with Crippen molar-refractivity contribution in [2.45, 2.75) is 142 Å². The Bertz CT molecular complexity index is 694. The van der Waals surface area contributed by atoms with E-state index >= 15 is 0 Å². The number of carbonyl (C=O) groups excluding carboxylic acids is 3. The first-order chi connectivity index (χ1) is 20.5. The molecule has 1 aliphatic heterocycles. The van der Waals surface area contributed by atoms with Gasteiger partial charge in [-0.3, -0.25) is 4.79 Å². The molecular weight excluding hydrogens is 570 g/mol. The van der Waals surface area contributed by atoms with Crippen molar-refractivity contribution in [2.75, 3.05) is 53.0 Å². The van der Waals surface area contributed by atoms with Crippen molar-refractivity contribution in [1.29, 1.82) is 0 Å². The minimum absolute atomic E-state index is 0. The van der Waals surface area contributed by atoms with Gasteiger partial charge in [-0.2, -0.15) is 0 Å². The average molecular weight is 634 g/mol. The third kappa shape index (κ3) is 23.5. The highest BCUT2D eigenvalue weighted by Gasteiger charge is 2.23. The van der Waals surface area contributed by atoms with Crippen molar-refractivity contribution < 1.29 is 28.6 Å². The zero-order chi connectivity index (χ0) is 30.7. The summed E-state index contributed by atoms with van der Waals surface area (Å²) >= 11 is 0. The smallest absolute Gasteiger partial charge is 0.416 e. The van der Waals surface area contributed by atoms with Crippen LogP contribution < -0.4 is 5.32 Å². The molecule has 0 spiro atoms. The van der Waals surface area contributed by atoms with E-state index in [2.05, 4.69) is 17.1 Å². The summed E-state index contributed by atoms with van der Waals surface area (Å²) in [5.41, 5.74) is 0. The van der Waals surface area contributed by atoms with Crippen LogP contribution in [0.4, 0.5) is 9.59 Å². The van der Waals surface area contributed by atoms with E-state index in [0.29, 0.717) is 19.6 Å². The number of nitrogens with zero attached hydrogens (tertiary/aromatic N) is 2. The van der Waals surface area contributed by atoms with Crippen molar-refractivity contribution in [1.82, 2.24) is 15.1 Å². The van der Waals surface area contributed by atoms with Crippen molar-refractivity contribution in [3.8, 4) is 0 Å². The molecule has 1 heterocycles. The lowest BCUT2D eigenvalue weighted by Crippen LogP contribution is -2.43. The molecule has 0 aromatic heterocycles. The second kappa shape index (κ2) is 29.1. The minimum atomic E-state index is -0.700. The van der Waals surface area contributed by atoms with Gasteiger partial charge in [0.05, 0.1) is 0 Å². The number of hydrogen-bond donors (Lipinski definition) is 1. The Hall–Kier alpha value is -1.58. The van der Waals surface area contributed by atoms with Crippen LogP contribution in [0.15, 0.2) is 0 Å². The molecular formula is C33H64ClN3O6. The number of carbonyl (C=O) groups is 3. The fourth-order valence-corrected chi connectivity index (χ4v) is 5.31. The Morgan fingerprint density at radius 2 is 1.23 bits per heavy atom. The van der Waals surface area contributed by atoms with Crippen LogP contribution >= 0.6 is 12.4 Å². The first-order valence-electron chi connectivity index (χ1n) is 17.1. The second-order valence-corrected chi connectivity index (χ2v) is 11.8. The number of rotatable bonds is 25. The molecule has 0 saturated carbocycles. The number of imide groups is 1. The molecule has 0 aliphatic carbocycles. The fraction of sp³-hybridized carbons (Fsp3) is 0.909. The Kier molecular flexibility index (Phi) is 28.1. The van der Waals surface area contributed by atoms with Gasteiger partial charge in [-0.1, -0.05) is 110 Å². The molecule has 1 atom stereocenters. The predicted octanol–water partition coefficient (Wildman–Crippen LogP) is 7.88. The van der Waals surface area contributed by atoms with Crippen molar-refractivity contribution >= 4 is 30.5 Å². The SMILES string of the molecule is CCCCCCCCCCCCCCCCCCNC(=O)OCC(COC(=O)N(CCN1CCCCC1)C(C)=O)OC.Cl. The number of alkyl carbamates (subject to hydrolysis) is 1. The van der Waals surface area contributed by atoms with E-state index in [9.17, 15) is 14.4 Å². The molecule has 1 unspecified atom stereocenters. The van der Waals surface area contributed by atoms with Crippen LogP contribution in [0.25, 0.3) is 0 Å². The van der Waals surface area contributed by atoms with Crippen molar-refractivity contribution in [3.63, 3.8) is 0 Å². The van der Waals surface area contributed by atoms with Crippen LogP contribution in [0.3, 0.4) is 0 Å². The molecule has 1 aliphatic rings. The van der Waals surface area contributed by atoms with Crippen LogP contribution in [-0.4, -0.2) is 87.0 Å². The largest absolute Gasteiger partial charge is 0.447 e. The average Bonchev–Trinajstić information content (AvgIpc) is 2.99. The maximum absolute atomic E-state index is 12.5. The molecule has 0 radical (unpaired) electrons. The molecule has 3 amide bonds. The molecule has 1 N–H and O–H groups in total. The maximum Gasteiger partial charge on any atom is 0.416 e. The summed E-state index contributed by atoms with van der Waals surface area (Å²) < 4.78 is 15.8. The third-order valence-electron chi connectivity index (χ3n) is 8.12. The lowest BCUT2D eigenvalue weighted by Gasteiger charge is -2.28. The van der Waals surface area contributed by atoms with Crippen LogP contribution in [0, 0.1) is 0 Å². The standard InChI is InChI=1S/C33H63N3O6.ClH/c1-4-5-6-7-8-9-10-11-12-13-14-15-16-17-18-20-23-34-32(38)41-28-31(40-3)29-42-33(39)36(30(2)37)27-26-35-24-21-19-22-25-35;/h31H,4-29H2,1-3H3,(H,34,38);1H. The third-order valence-corrected chi connectivity index (χ3v) is 8.12. The van der Waals surface area contributed by atoms with E-state index in [1.165, 1.54) is 110 Å². The summed E-state index contributed by atoms with van der Waals surface area (Å²) in [6.45, 7) is 6.99. The zero-order valence-corrected chi connectivity index (χ0v) is 28.5. The van der Waals surface area contributed by atoms with Gasteiger partial charge in [0.2, 0.25) is 5.91 Å². The quantitative estimate of drug-likeness (QED) is 0.102. The van der Waals surface area contributed by atoms with Crippen LogP contribution in [0.1, 0.15) is 136 Å². The Labute approximate surface area is 268 Å².